The van der Waals surface area contributed by atoms with Crippen molar-refractivity contribution in [3.05, 3.63) is 90.1 Å². The second-order valence-corrected chi connectivity index (χ2v) is 8.10. The molecule has 4 aromatic rings. The van der Waals surface area contributed by atoms with Gasteiger partial charge in [0.05, 0.1) is 5.56 Å². The van der Waals surface area contributed by atoms with Crippen molar-refractivity contribution in [3.63, 3.8) is 0 Å². The van der Waals surface area contributed by atoms with Crippen LogP contribution in [-0.2, 0) is 5.75 Å². The van der Waals surface area contributed by atoms with E-state index in [2.05, 4.69) is 32.6 Å². The molecule has 0 radical (unpaired) electrons. The van der Waals surface area contributed by atoms with Gasteiger partial charge in [-0.2, -0.15) is 0 Å². The van der Waals surface area contributed by atoms with Gasteiger partial charge in [0.15, 0.2) is 4.34 Å². The lowest BCUT2D eigenvalue weighted by atomic mass is 10.2. The van der Waals surface area contributed by atoms with Gasteiger partial charge >= 0.3 is 0 Å². The summed E-state index contributed by atoms with van der Waals surface area (Å²) in [5, 5.41) is 11.4. The van der Waals surface area contributed by atoms with E-state index in [9.17, 15) is 4.79 Å². The first-order valence-electron chi connectivity index (χ1n) is 8.77. The summed E-state index contributed by atoms with van der Waals surface area (Å²) in [6, 6.07) is 22.8. The Morgan fingerprint density at radius 2 is 1.72 bits per heavy atom. The van der Waals surface area contributed by atoms with Crippen LogP contribution < -0.4 is 10.1 Å². The normalized spacial score (nSPS) is 10.5. The number of amides is 1. The summed E-state index contributed by atoms with van der Waals surface area (Å²) in [5.74, 6) is 1.62. The van der Waals surface area contributed by atoms with E-state index in [1.165, 1.54) is 23.1 Å². The molecule has 1 N–H and O–H groups in total. The molecule has 4 rings (SSSR count). The predicted octanol–water partition coefficient (Wildman–Crippen LogP) is 5.27. The Hall–Kier alpha value is -3.23. The van der Waals surface area contributed by atoms with Gasteiger partial charge in [0.25, 0.3) is 5.91 Å². The minimum atomic E-state index is -0.292. The molecular weight excluding hydrogens is 404 g/mol. The summed E-state index contributed by atoms with van der Waals surface area (Å²) in [5.41, 5.74) is 1.63. The highest BCUT2D eigenvalue weighted by atomic mass is 32.2. The Morgan fingerprint density at radius 1 is 0.966 bits per heavy atom. The van der Waals surface area contributed by atoms with Gasteiger partial charge in [-0.3, -0.25) is 10.1 Å². The topological polar surface area (TPSA) is 77.0 Å². The van der Waals surface area contributed by atoms with Crippen LogP contribution in [0.15, 0.2) is 83.3 Å². The van der Waals surface area contributed by atoms with Crippen LogP contribution in [0.4, 0.5) is 5.13 Å². The van der Waals surface area contributed by atoms with Gasteiger partial charge in [-0.1, -0.05) is 71.6 Å². The highest BCUT2D eigenvalue weighted by molar-refractivity contribution is 8.00. The highest BCUT2D eigenvalue weighted by Crippen LogP contribution is 2.28. The number of ether oxygens (including phenoxy) is 1. The van der Waals surface area contributed by atoms with Crippen LogP contribution in [0.25, 0.3) is 0 Å². The number of carbonyl (C=O) groups excluding carboxylic acids is 1. The molecule has 0 aliphatic rings. The molecule has 0 fully saturated rings. The Kier molecular flexibility index (Phi) is 6.13. The number of thioether (sulfide) groups is 1. The molecule has 2 aromatic carbocycles. The Morgan fingerprint density at radius 3 is 2.45 bits per heavy atom. The number of pyridine rings is 1. The summed E-state index contributed by atoms with van der Waals surface area (Å²) in [6.07, 6.45) is 1.47. The van der Waals surface area contributed by atoms with Crippen LogP contribution >= 0.6 is 23.1 Å². The van der Waals surface area contributed by atoms with Crippen LogP contribution in [0.3, 0.4) is 0 Å². The van der Waals surface area contributed by atoms with Crippen LogP contribution in [0.5, 0.6) is 11.6 Å². The molecule has 0 bridgehead atoms. The van der Waals surface area contributed by atoms with Gasteiger partial charge in [0.1, 0.15) is 5.75 Å². The zero-order valence-electron chi connectivity index (χ0n) is 15.2. The number of hydrogen-bond acceptors (Lipinski definition) is 7. The maximum Gasteiger partial charge on any atom is 0.259 e. The first kappa shape index (κ1) is 19.1. The minimum Gasteiger partial charge on any atom is -0.439 e. The van der Waals surface area contributed by atoms with E-state index < -0.39 is 0 Å². The molecule has 0 aliphatic carbocycles. The summed E-state index contributed by atoms with van der Waals surface area (Å²) in [4.78, 5) is 16.6. The molecule has 144 valence electrons. The third kappa shape index (κ3) is 5.40. The molecule has 8 heteroatoms. The third-order valence-corrected chi connectivity index (χ3v) is 5.84. The molecule has 0 saturated heterocycles. The van der Waals surface area contributed by atoms with E-state index in [1.54, 1.807) is 23.9 Å². The lowest BCUT2D eigenvalue weighted by Crippen LogP contribution is -2.12. The van der Waals surface area contributed by atoms with Crippen molar-refractivity contribution in [2.75, 3.05) is 5.32 Å². The van der Waals surface area contributed by atoms with Crippen molar-refractivity contribution >= 4 is 34.1 Å². The van der Waals surface area contributed by atoms with E-state index in [-0.39, 0.29) is 5.91 Å². The number of nitrogens with zero attached hydrogens (tertiary/aromatic N) is 3. The Bertz CT molecular complexity index is 1070. The maximum absolute atomic E-state index is 12.4. The van der Waals surface area contributed by atoms with Crippen molar-refractivity contribution in [1.82, 2.24) is 15.2 Å². The molecule has 0 saturated carbocycles. The largest absolute Gasteiger partial charge is 0.439 e. The number of rotatable bonds is 7. The van der Waals surface area contributed by atoms with Gasteiger partial charge in [0.2, 0.25) is 11.0 Å². The summed E-state index contributed by atoms with van der Waals surface area (Å²) < 4.78 is 6.43. The molecule has 6 nitrogen and oxygen atoms in total. The first-order chi connectivity index (χ1) is 14.3. The maximum atomic E-state index is 12.4. The Balaban J connectivity index is 1.32. The van der Waals surface area contributed by atoms with E-state index in [4.69, 9.17) is 4.74 Å². The molecule has 0 aliphatic heterocycles. The zero-order valence-corrected chi connectivity index (χ0v) is 16.8. The minimum absolute atomic E-state index is 0.292. The zero-order chi connectivity index (χ0) is 19.9. The Labute approximate surface area is 176 Å². The van der Waals surface area contributed by atoms with Crippen molar-refractivity contribution in [2.24, 2.45) is 0 Å². The van der Waals surface area contributed by atoms with Crippen LogP contribution in [0, 0.1) is 0 Å². The molecule has 0 spiro atoms. The molecule has 0 unspecified atom stereocenters. The van der Waals surface area contributed by atoms with E-state index >= 15 is 0 Å². The fraction of sp³-hybridized carbons (Fsp3) is 0.0476. The van der Waals surface area contributed by atoms with E-state index in [0.717, 1.165) is 10.1 Å². The molecule has 1 amide bonds. The lowest BCUT2D eigenvalue weighted by molar-refractivity contribution is 0.102. The second kappa shape index (κ2) is 9.31. The van der Waals surface area contributed by atoms with Crippen LogP contribution in [-0.4, -0.2) is 21.1 Å². The molecule has 2 aromatic heterocycles. The van der Waals surface area contributed by atoms with E-state index in [0.29, 0.717) is 22.3 Å². The standard InChI is InChI=1S/C21H16N4O2S2/c26-19(16-11-12-18(22-13-16)27-17-9-5-2-6-10-17)23-20-24-25-21(29-20)28-14-15-7-3-1-4-8-15/h1-13H,14H2,(H,23,24,26). The molecular formula is C21H16N4O2S2. The van der Waals surface area contributed by atoms with Gasteiger partial charge < -0.3 is 4.74 Å². The van der Waals surface area contributed by atoms with Crippen molar-refractivity contribution in [1.29, 1.82) is 0 Å². The number of nitrogens with one attached hydrogen (secondary N) is 1. The van der Waals surface area contributed by atoms with Crippen LogP contribution in [0.2, 0.25) is 0 Å². The molecule has 0 atom stereocenters. The predicted molar refractivity (Wildman–Crippen MR) is 115 cm³/mol. The van der Waals surface area contributed by atoms with Crippen molar-refractivity contribution in [2.45, 2.75) is 10.1 Å². The SMILES string of the molecule is O=C(Nc1nnc(SCc2ccccc2)s1)c1ccc(Oc2ccccc2)nc1. The van der Waals surface area contributed by atoms with Gasteiger partial charge in [-0.25, -0.2) is 4.98 Å². The highest BCUT2D eigenvalue weighted by Gasteiger charge is 2.11. The smallest absolute Gasteiger partial charge is 0.259 e. The summed E-state index contributed by atoms with van der Waals surface area (Å²) in [7, 11) is 0. The van der Waals surface area contributed by atoms with Gasteiger partial charge in [-0.15, -0.1) is 10.2 Å². The number of para-hydroxylation sites is 1. The fourth-order valence-electron chi connectivity index (χ4n) is 2.39. The molecule has 2 heterocycles. The summed E-state index contributed by atoms with van der Waals surface area (Å²) in [6.45, 7) is 0. The lowest BCUT2D eigenvalue weighted by Gasteiger charge is -2.05. The van der Waals surface area contributed by atoms with Crippen molar-refractivity contribution < 1.29 is 9.53 Å². The first-order valence-corrected chi connectivity index (χ1v) is 10.6. The fourth-order valence-corrected chi connectivity index (χ4v) is 4.09. The number of benzene rings is 2. The quantitative estimate of drug-likeness (QED) is 0.324. The number of aromatic nitrogens is 3. The number of hydrogen-bond donors (Lipinski definition) is 1. The van der Waals surface area contributed by atoms with E-state index in [1.807, 2.05) is 48.5 Å². The second-order valence-electron chi connectivity index (χ2n) is 5.90. The average molecular weight is 421 g/mol. The molecule has 29 heavy (non-hydrogen) atoms. The third-order valence-electron chi connectivity index (χ3n) is 3.80. The monoisotopic (exact) mass is 420 g/mol. The van der Waals surface area contributed by atoms with Gasteiger partial charge in [-0.05, 0) is 23.8 Å². The average Bonchev–Trinajstić information content (AvgIpc) is 3.21. The number of carbonyl (C=O) groups is 1. The van der Waals surface area contributed by atoms with Gasteiger partial charge in [0, 0.05) is 18.0 Å². The summed E-state index contributed by atoms with van der Waals surface area (Å²) >= 11 is 2.93. The van der Waals surface area contributed by atoms with Crippen molar-refractivity contribution in [3.8, 4) is 11.6 Å². The number of anilines is 1. The van der Waals surface area contributed by atoms with Crippen LogP contribution in [0.1, 0.15) is 15.9 Å².